The van der Waals surface area contributed by atoms with Gasteiger partial charge >= 0.3 is 0 Å². The molecule has 1 aromatic heterocycles. The summed E-state index contributed by atoms with van der Waals surface area (Å²) in [4.78, 5) is 5.18. The van der Waals surface area contributed by atoms with Crippen LogP contribution in [0.15, 0.2) is 6.20 Å². The van der Waals surface area contributed by atoms with E-state index in [1.807, 2.05) is 6.20 Å². The van der Waals surface area contributed by atoms with Gasteiger partial charge in [0.05, 0.1) is 0 Å². The van der Waals surface area contributed by atoms with Crippen LogP contribution in [0.25, 0.3) is 0 Å². The van der Waals surface area contributed by atoms with Gasteiger partial charge in [-0.15, -0.1) is 11.3 Å². The van der Waals surface area contributed by atoms with E-state index in [4.69, 9.17) is 0 Å². The summed E-state index contributed by atoms with van der Waals surface area (Å²) < 4.78 is 0. The fraction of sp³-hybridized carbons (Fsp3) is 0.571. The lowest BCUT2D eigenvalue weighted by molar-refractivity contribution is 0.602. The van der Waals surface area contributed by atoms with Crippen molar-refractivity contribution in [2.24, 2.45) is 0 Å². The molecule has 0 unspecified atom stereocenters. The molecule has 0 N–H and O–H groups in total. The summed E-state index contributed by atoms with van der Waals surface area (Å²) in [5.41, 5.74) is 3.08. The molecule has 0 aliphatic heterocycles. The third kappa shape index (κ3) is 1.52. The third-order valence-corrected chi connectivity index (χ3v) is 2.26. The number of hydrogen-bond acceptors (Lipinski definition) is 2. The van der Waals surface area contributed by atoms with Crippen LogP contribution in [0.4, 0.5) is 0 Å². The highest BCUT2D eigenvalue weighted by Crippen LogP contribution is 2.24. The Kier molecular flexibility index (Phi) is 1.58. The minimum atomic E-state index is 0.248. The summed E-state index contributed by atoms with van der Waals surface area (Å²) >= 11 is 1.59. The number of nitrogens with zero attached hydrogens (tertiary/aromatic N) is 1. The highest BCUT2D eigenvalue weighted by molar-refractivity contribution is 7.09. The lowest BCUT2D eigenvalue weighted by Gasteiger charge is -2.13. The van der Waals surface area contributed by atoms with Crippen molar-refractivity contribution in [2.75, 3.05) is 0 Å². The van der Waals surface area contributed by atoms with Gasteiger partial charge in [-0.05, 0) is 5.41 Å². The van der Waals surface area contributed by atoms with Gasteiger partial charge in [0.2, 0.25) is 0 Å². The fourth-order valence-corrected chi connectivity index (χ4v) is 1.15. The molecule has 49 valence electrons. The van der Waals surface area contributed by atoms with Crippen molar-refractivity contribution < 1.29 is 0 Å². The molecule has 9 heavy (non-hydrogen) atoms. The predicted molar refractivity (Wildman–Crippen MR) is 39.7 cm³/mol. The predicted octanol–water partition coefficient (Wildman–Crippen LogP) is 2.24. The van der Waals surface area contributed by atoms with Gasteiger partial charge in [0.1, 0.15) is 0 Å². The summed E-state index contributed by atoms with van der Waals surface area (Å²) in [6, 6.07) is 0. The maximum atomic E-state index is 3.88. The number of rotatable bonds is 0. The van der Waals surface area contributed by atoms with Crippen LogP contribution in [-0.2, 0) is 5.41 Å². The van der Waals surface area contributed by atoms with Gasteiger partial charge in [-0.3, -0.25) is 0 Å². The minimum Gasteiger partial charge on any atom is -0.242 e. The molecule has 0 aliphatic carbocycles. The molecule has 1 radical (unpaired) electrons. The Morgan fingerprint density at radius 1 is 1.56 bits per heavy atom. The summed E-state index contributed by atoms with van der Waals surface area (Å²) in [7, 11) is 0. The normalized spacial score (nSPS) is 11.9. The van der Waals surface area contributed by atoms with Crippen LogP contribution >= 0.6 is 11.3 Å². The lowest BCUT2D eigenvalue weighted by atomic mass is 9.96. The van der Waals surface area contributed by atoms with E-state index in [0.29, 0.717) is 0 Å². The van der Waals surface area contributed by atoms with E-state index in [-0.39, 0.29) is 5.41 Å². The molecule has 0 saturated carbocycles. The fourth-order valence-electron chi connectivity index (χ4n) is 0.534. The SMILES string of the molecule is CC(C)(C)c1cn[c]s1. The number of aromatic nitrogens is 1. The highest BCUT2D eigenvalue weighted by atomic mass is 32.1. The van der Waals surface area contributed by atoms with Crippen molar-refractivity contribution in [3.63, 3.8) is 0 Å². The number of thiazole rings is 1. The molecule has 0 amide bonds. The standard InChI is InChI=1S/C7H10NS/c1-7(2,3)6-4-8-5-9-6/h4H,1-3H3. The van der Waals surface area contributed by atoms with Crippen LogP contribution in [0.5, 0.6) is 0 Å². The molecular weight excluding hydrogens is 130 g/mol. The first-order chi connectivity index (χ1) is 4.11. The zero-order chi connectivity index (χ0) is 6.91. The van der Waals surface area contributed by atoms with Gasteiger partial charge in [-0.25, -0.2) is 4.98 Å². The molecule has 0 fully saturated rings. The smallest absolute Gasteiger partial charge is 0.152 e. The Labute approximate surface area is 59.8 Å². The van der Waals surface area contributed by atoms with Gasteiger partial charge in [0.15, 0.2) is 5.51 Å². The van der Waals surface area contributed by atoms with Crippen LogP contribution in [0.3, 0.4) is 0 Å². The van der Waals surface area contributed by atoms with Gasteiger partial charge in [0.25, 0.3) is 0 Å². The summed E-state index contributed by atoms with van der Waals surface area (Å²) in [5, 5.41) is 0. The first-order valence-electron chi connectivity index (χ1n) is 2.93. The van der Waals surface area contributed by atoms with Gasteiger partial charge in [-0.2, -0.15) is 0 Å². The van der Waals surface area contributed by atoms with Crippen molar-refractivity contribution in [2.45, 2.75) is 26.2 Å². The van der Waals surface area contributed by atoms with Crippen molar-refractivity contribution >= 4 is 11.3 Å². The lowest BCUT2D eigenvalue weighted by Crippen LogP contribution is -2.07. The minimum absolute atomic E-state index is 0.248. The first-order valence-corrected chi connectivity index (χ1v) is 3.75. The summed E-state index contributed by atoms with van der Waals surface area (Å²) in [6.45, 7) is 6.52. The maximum absolute atomic E-state index is 3.88. The van der Waals surface area contributed by atoms with Crippen LogP contribution in [0, 0.1) is 5.51 Å². The molecule has 2 heteroatoms. The van der Waals surface area contributed by atoms with Gasteiger partial charge in [-0.1, -0.05) is 20.8 Å². The highest BCUT2D eigenvalue weighted by Gasteiger charge is 2.14. The van der Waals surface area contributed by atoms with E-state index in [1.54, 1.807) is 11.3 Å². The second-order valence-electron chi connectivity index (χ2n) is 3.07. The zero-order valence-electron chi connectivity index (χ0n) is 5.93. The first kappa shape index (κ1) is 6.75. The van der Waals surface area contributed by atoms with Gasteiger partial charge in [0, 0.05) is 11.1 Å². The second kappa shape index (κ2) is 2.10. The van der Waals surface area contributed by atoms with Crippen molar-refractivity contribution in [1.82, 2.24) is 4.98 Å². The average Bonchev–Trinajstić information content (AvgIpc) is 2.08. The van der Waals surface area contributed by atoms with Crippen LogP contribution in [0.1, 0.15) is 25.6 Å². The average molecular weight is 140 g/mol. The molecule has 1 rings (SSSR count). The van der Waals surface area contributed by atoms with E-state index >= 15 is 0 Å². The molecule has 0 aliphatic rings. The molecule has 0 spiro atoms. The van der Waals surface area contributed by atoms with Crippen LogP contribution < -0.4 is 0 Å². The molecule has 0 saturated heterocycles. The van der Waals surface area contributed by atoms with Crippen LogP contribution in [0.2, 0.25) is 0 Å². The Hall–Kier alpha value is -0.370. The maximum Gasteiger partial charge on any atom is 0.152 e. The largest absolute Gasteiger partial charge is 0.242 e. The van der Waals surface area contributed by atoms with Crippen molar-refractivity contribution in [3.05, 3.63) is 16.6 Å². The Bertz CT molecular complexity index is 171. The van der Waals surface area contributed by atoms with E-state index in [0.717, 1.165) is 0 Å². The molecule has 1 heterocycles. The molecule has 0 aromatic carbocycles. The Morgan fingerprint density at radius 2 is 2.22 bits per heavy atom. The Morgan fingerprint density at radius 3 is 2.44 bits per heavy atom. The zero-order valence-corrected chi connectivity index (χ0v) is 6.75. The second-order valence-corrected chi connectivity index (χ2v) is 3.89. The van der Waals surface area contributed by atoms with Crippen molar-refractivity contribution in [3.8, 4) is 0 Å². The summed E-state index contributed by atoms with van der Waals surface area (Å²) in [6.07, 6.45) is 1.88. The quantitative estimate of drug-likeness (QED) is 0.538. The molecule has 0 bridgehead atoms. The van der Waals surface area contributed by atoms with Gasteiger partial charge < -0.3 is 0 Å². The van der Waals surface area contributed by atoms with Crippen molar-refractivity contribution in [1.29, 1.82) is 0 Å². The molecule has 0 atom stereocenters. The van der Waals surface area contributed by atoms with Crippen LogP contribution in [-0.4, -0.2) is 4.98 Å². The van der Waals surface area contributed by atoms with E-state index < -0.39 is 0 Å². The molecule has 1 aromatic rings. The van der Waals surface area contributed by atoms with E-state index in [2.05, 4.69) is 31.3 Å². The number of hydrogen-bond donors (Lipinski definition) is 0. The third-order valence-electron chi connectivity index (χ3n) is 1.13. The van der Waals surface area contributed by atoms with E-state index in [9.17, 15) is 0 Å². The molecule has 1 nitrogen and oxygen atoms in total. The van der Waals surface area contributed by atoms with E-state index in [1.165, 1.54) is 4.88 Å². The molecular formula is C7H10NS. The monoisotopic (exact) mass is 140 g/mol. The summed E-state index contributed by atoms with van der Waals surface area (Å²) in [5.74, 6) is 0. The Balaban J connectivity index is 2.90. The topological polar surface area (TPSA) is 12.9 Å².